The highest BCUT2D eigenvalue weighted by molar-refractivity contribution is 6.03. The number of nitrogens with two attached hydrogens (primary N) is 1. The van der Waals surface area contributed by atoms with Gasteiger partial charge in [0.25, 0.3) is 5.91 Å². The van der Waals surface area contributed by atoms with Crippen LogP contribution in [-0.2, 0) is 0 Å². The summed E-state index contributed by atoms with van der Waals surface area (Å²) in [5, 5.41) is 11.2. The Hall–Kier alpha value is -4.07. The van der Waals surface area contributed by atoms with Crippen LogP contribution in [0, 0.1) is 0 Å². The second-order valence-electron chi connectivity index (χ2n) is 7.19. The molecule has 1 aliphatic rings. The lowest BCUT2D eigenvalue weighted by atomic mass is 10.1. The van der Waals surface area contributed by atoms with Crippen LogP contribution in [0.2, 0.25) is 0 Å². The molecule has 4 aromatic rings. The Bertz CT molecular complexity index is 1230. The summed E-state index contributed by atoms with van der Waals surface area (Å²) in [5.41, 5.74) is 9.36. The average molecular weight is 397 g/mol. The molecule has 3 heterocycles. The number of anilines is 2. The van der Waals surface area contributed by atoms with E-state index in [1.807, 2.05) is 30.3 Å². The molecule has 1 fully saturated rings. The van der Waals surface area contributed by atoms with E-state index in [0.29, 0.717) is 23.2 Å². The Labute approximate surface area is 172 Å². The number of pyridine rings is 2. The van der Waals surface area contributed by atoms with E-state index in [1.54, 1.807) is 36.9 Å². The number of nitrogens with one attached hydrogen (secondary N) is 1. The van der Waals surface area contributed by atoms with Crippen LogP contribution in [0.5, 0.6) is 0 Å². The summed E-state index contributed by atoms with van der Waals surface area (Å²) in [6.07, 6.45) is 7.27. The number of benzene rings is 1. The van der Waals surface area contributed by atoms with Crippen molar-refractivity contribution in [2.45, 2.75) is 18.9 Å². The Morgan fingerprint density at radius 3 is 2.77 bits per heavy atom. The van der Waals surface area contributed by atoms with Crippen molar-refractivity contribution in [2.24, 2.45) is 0 Å². The maximum Gasteiger partial charge on any atom is 0.274 e. The van der Waals surface area contributed by atoms with Gasteiger partial charge in [0.15, 0.2) is 5.82 Å². The van der Waals surface area contributed by atoms with Crippen molar-refractivity contribution in [3.63, 3.8) is 0 Å². The molecule has 0 radical (unpaired) electrons. The van der Waals surface area contributed by atoms with Crippen molar-refractivity contribution in [3.8, 4) is 22.5 Å². The van der Waals surface area contributed by atoms with E-state index in [9.17, 15) is 4.79 Å². The van der Waals surface area contributed by atoms with Crippen LogP contribution in [0.4, 0.5) is 11.5 Å². The molecule has 8 heteroatoms. The SMILES string of the molecule is Nc1ncccc1-c1ccnc(C(=O)Nc2cccc(-c3nncn3C3CC3)c2)c1. The number of carbonyl (C=O) groups is 1. The fraction of sp³-hybridized carbons (Fsp3) is 0.136. The van der Waals surface area contributed by atoms with Gasteiger partial charge in [-0.1, -0.05) is 12.1 Å². The molecule has 3 N–H and O–H groups in total. The largest absolute Gasteiger partial charge is 0.383 e. The first-order valence-electron chi connectivity index (χ1n) is 9.67. The van der Waals surface area contributed by atoms with E-state index < -0.39 is 0 Å². The molecule has 0 aliphatic heterocycles. The minimum Gasteiger partial charge on any atom is -0.383 e. The van der Waals surface area contributed by atoms with E-state index in [-0.39, 0.29) is 5.91 Å². The molecule has 1 saturated carbocycles. The first kappa shape index (κ1) is 18.0. The minimum absolute atomic E-state index is 0.294. The Morgan fingerprint density at radius 1 is 1.03 bits per heavy atom. The quantitative estimate of drug-likeness (QED) is 0.532. The van der Waals surface area contributed by atoms with Crippen molar-refractivity contribution in [2.75, 3.05) is 11.1 Å². The summed E-state index contributed by atoms with van der Waals surface area (Å²) in [5.74, 6) is 0.906. The highest BCUT2D eigenvalue weighted by Gasteiger charge is 2.26. The summed E-state index contributed by atoms with van der Waals surface area (Å²) < 4.78 is 2.09. The molecule has 1 aromatic carbocycles. The van der Waals surface area contributed by atoms with E-state index >= 15 is 0 Å². The average Bonchev–Trinajstić information content (AvgIpc) is 3.50. The third-order valence-electron chi connectivity index (χ3n) is 5.03. The number of rotatable bonds is 5. The van der Waals surface area contributed by atoms with E-state index in [4.69, 9.17) is 5.73 Å². The zero-order valence-electron chi connectivity index (χ0n) is 16.1. The third-order valence-corrected chi connectivity index (χ3v) is 5.03. The summed E-state index contributed by atoms with van der Waals surface area (Å²) >= 11 is 0. The lowest BCUT2D eigenvalue weighted by molar-refractivity contribution is 0.102. The molecule has 0 bridgehead atoms. The Kier molecular flexibility index (Phi) is 4.44. The molecule has 148 valence electrons. The van der Waals surface area contributed by atoms with E-state index in [2.05, 4.69) is 30.0 Å². The minimum atomic E-state index is -0.305. The van der Waals surface area contributed by atoms with Gasteiger partial charge in [-0.3, -0.25) is 9.78 Å². The number of amides is 1. The maximum absolute atomic E-state index is 12.8. The lowest BCUT2D eigenvalue weighted by Gasteiger charge is -2.09. The van der Waals surface area contributed by atoms with Crippen molar-refractivity contribution < 1.29 is 4.79 Å². The molecule has 1 aliphatic carbocycles. The molecule has 0 saturated heterocycles. The molecule has 8 nitrogen and oxygen atoms in total. The lowest BCUT2D eigenvalue weighted by Crippen LogP contribution is -2.13. The van der Waals surface area contributed by atoms with Crippen LogP contribution in [0.1, 0.15) is 29.4 Å². The molecular weight excluding hydrogens is 378 g/mol. The molecule has 3 aromatic heterocycles. The predicted octanol–water partition coefficient (Wildman–Crippen LogP) is 3.57. The Balaban J connectivity index is 1.39. The highest BCUT2D eigenvalue weighted by atomic mass is 16.1. The summed E-state index contributed by atoms with van der Waals surface area (Å²) in [7, 11) is 0. The second kappa shape index (κ2) is 7.40. The van der Waals surface area contributed by atoms with Gasteiger partial charge in [0.1, 0.15) is 17.8 Å². The predicted molar refractivity (Wildman–Crippen MR) is 114 cm³/mol. The zero-order chi connectivity index (χ0) is 20.5. The van der Waals surface area contributed by atoms with Gasteiger partial charge in [-0.15, -0.1) is 10.2 Å². The first-order valence-corrected chi connectivity index (χ1v) is 9.67. The van der Waals surface area contributed by atoms with Crippen LogP contribution in [-0.4, -0.2) is 30.6 Å². The molecular formula is C22H19N7O. The standard InChI is InChI=1S/C22H19N7O/c23-20-18(5-2-9-25-20)14-8-10-24-19(12-14)22(30)27-16-4-1-3-15(11-16)21-28-26-13-29(21)17-6-7-17/h1-5,8-13,17H,6-7H2,(H2,23,25)(H,27,30). The van der Waals surface area contributed by atoms with E-state index in [0.717, 1.165) is 35.4 Å². The van der Waals surface area contributed by atoms with Gasteiger partial charge in [0.2, 0.25) is 0 Å². The van der Waals surface area contributed by atoms with Gasteiger partial charge < -0.3 is 15.6 Å². The van der Waals surface area contributed by atoms with Crippen LogP contribution >= 0.6 is 0 Å². The summed E-state index contributed by atoms with van der Waals surface area (Å²) in [6, 6.07) is 15.2. The smallest absolute Gasteiger partial charge is 0.274 e. The fourth-order valence-corrected chi connectivity index (χ4v) is 3.38. The highest BCUT2D eigenvalue weighted by Crippen LogP contribution is 2.37. The summed E-state index contributed by atoms with van der Waals surface area (Å²) in [6.45, 7) is 0. The molecule has 0 atom stereocenters. The first-order chi connectivity index (χ1) is 14.7. The maximum atomic E-state index is 12.8. The monoisotopic (exact) mass is 397 g/mol. The Morgan fingerprint density at radius 2 is 1.93 bits per heavy atom. The number of hydrogen-bond acceptors (Lipinski definition) is 6. The third kappa shape index (κ3) is 3.50. The number of aromatic nitrogens is 5. The fourth-order valence-electron chi connectivity index (χ4n) is 3.38. The molecule has 0 unspecified atom stereocenters. The van der Waals surface area contributed by atoms with Gasteiger partial charge in [0.05, 0.1) is 0 Å². The van der Waals surface area contributed by atoms with Gasteiger partial charge in [-0.25, -0.2) is 4.98 Å². The van der Waals surface area contributed by atoms with Crippen molar-refractivity contribution in [1.29, 1.82) is 0 Å². The number of hydrogen-bond donors (Lipinski definition) is 2. The van der Waals surface area contributed by atoms with Crippen LogP contribution < -0.4 is 11.1 Å². The van der Waals surface area contributed by atoms with Gasteiger partial charge >= 0.3 is 0 Å². The van der Waals surface area contributed by atoms with Gasteiger partial charge in [0, 0.05) is 35.2 Å². The number of nitrogens with zero attached hydrogens (tertiary/aromatic N) is 5. The van der Waals surface area contributed by atoms with E-state index in [1.165, 1.54) is 0 Å². The van der Waals surface area contributed by atoms with Crippen LogP contribution in [0.25, 0.3) is 22.5 Å². The van der Waals surface area contributed by atoms with Crippen LogP contribution in [0.3, 0.4) is 0 Å². The molecule has 5 rings (SSSR count). The van der Waals surface area contributed by atoms with Gasteiger partial charge in [-0.05, 0) is 54.8 Å². The van der Waals surface area contributed by atoms with Crippen molar-refractivity contribution in [1.82, 2.24) is 24.7 Å². The van der Waals surface area contributed by atoms with Crippen molar-refractivity contribution in [3.05, 3.63) is 72.9 Å². The topological polar surface area (TPSA) is 112 Å². The molecule has 1 amide bonds. The van der Waals surface area contributed by atoms with Crippen molar-refractivity contribution >= 4 is 17.4 Å². The second-order valence-corrected chi connectivity index (χ2v) is 7.19. The number of nitrogen functional groups attached to an aromatic ring is 1. The van der Waals surface area contributed by atoms with Crippen LogP contribution in [0.15, 0.2) is 67.3 Å². The summed E-state index contributed by atoms with van der Waals surface area (Å²) in [4.78, 5) is 21.1. The zero-order valence-corrected chi connectivity index (χ0v) is 16.1. The molecule has 30 heavy (non-hydrogen) atoms. The number of carbonyl (C=O) groups excluding carboxylic acids is 1. The normalized spacial score (nSPS) is 13.2. The molecule has 0 spiro atoms. The van der Waals surface area contributed by atoms with Gasteiger partial charge in [-0.2, -0.15) is 0 Å².